The average molecular weight is 253 g/mol. The molecule has 0 aromatic heterocycles. The van der Waals surface area contributed by atoms with E-state index in [0.717, 1.165) is 45.7 Å². The van der Waals surface area contributed by atoms with Crippen molar-refractivity contribution in [2.75, 3.05) is 46.3 Å². The normalized spacial score (nSPS) is 26.6. The van der Waals surface area contributed by atoms with E-state index < -0.39 is 0 Å². The van der Waals surface area contributed by atoms with Crippen LogP contribution in [0, 0.1) is 5.92 Å². The van der Waals surface area contributed by atoms with E-state index in [9.17, 15) is 9.59 Å². The first-order valence-electron chi connectivity index (χ1n) is 6.78. The third kappa shape index (κ3) is 3.22. The fourth-order valence-corrected chi connectivity index (χ4v) is 2.86. The van der Waals surface area contributed by atoms with Gasteiger partial charge in [0.05, 0.1) is 0 Å². The Bertz CT molecular complexity index is 324. The molecular formula is C13H23N3O2. The number of piperidine rings is 1. The molecule has 0 spiro atoms. The van der Waals surface area contributed by atoms with Crippen LogP contribution in [0.5, 0.6) is 0 Å². The molecular weight excluding hydrogens is 230 g/mol. The Labute approximate surface area is 109 Å². The van der Waals surface area contributed by atoms with Gasteiger partial charge in [0, 0.05) is 59.7 Å². The molecule has 2 aliphatic rings. The summed E-state index contributed by atoms with van der Waals surface area (Å²) in [4.78, 5) is 28.8. The molecule has 0 bridgehead atoms. The lowest BCUT2D eigenvalue weighted by molar-refractivity contribution is -0.134. The highest BCUT2D eigenvalue weighted by Crippen LogP contribution is 2.18. The fraction of sp³-hybridized carbons (Fsp3) is 0.846. The van der Waals surface area contributed by atoms with E-state index in [1.807, 2.05) is 16.8 Å². The van der Waals surface area contributed by atoms with Crippen molar-refractivity contribution in [1.82, 2.24) is 14.7 Å². The van der Waals surface area contributed by atoms with Crippen LogP contribution in [-0.2, 0) is 9.59 Å². The monoisotopic (exact) mass is 253 g/mol. The zero-order chi connectivity index (χ0) is 13.1. The third-order valence-corrected chi connectivity index (χ3v) is 4.06. The van der Waals surface area contributed by atoms with Crippen LogP contribution < -0.4 is 0 Å². The Morgan fingerprint density at radius 1 is 1.28 bits per heavy atom. The molecule has 5 nitrogen and oxygen atoms in total. The second-order valence-corrected chi connectivity index (χ2v) is 5.49. The van der Waals surface area contributed by atoms with E-state index in [1.165, 1.54) is 0 Å². The Morgan fingerprint density at radius 2 is 1.94 bits per heavy atom. The lowest BCUT2D eigenvalue weighted by Crippen LogP contribution is -2.50. The van der Waals surface area contributed by atoms with E-state index in [2.05, 4.69) is 4.90 Å². The number of amides is 2. The van der Waals surface area contributed by atoms with Crippen molar-refractivity contribution >= 4 is 11.8 Å². The summed E-state index contributed by atoms with van der Waals surface area (Å²) in [7, 11) is 1.89. The van der Waals surface area contributed by atoms with Crippen LogP contribution in [0.4, 0.5) is 0 Å². The molecule has 2 heterocycles. The van der Waals surface area contributed by atoms with Gasteiger partial charge >= 0.3 is 0 Å². The van der Waals surface area contributed by atoms with Crippen molar-refractivity contribution < 1.29 is 9.59 Å². The van der Waals surface area contributed by atoms with Gasteiger partial charge in [-0.2, -0.15) is 0 Å². The lowest BCUT2D eigenvalue weighted by Gasteiger charge is -2.38. The summed E-state index contributed by atoms with van der Waals surface area (Å²) in [5.41, 5.74) is 0. The summed E-state index contributed by atoms with van der Waals surface area (Å²) in [5, 5.41) is 0. The van der Waals surface area contributed by atoms with E-state index in [-0.39, 0.29) is 11.8 Å². The minimum atomic E-state index is 0.178. The summed E-state index contributed by atoms with van der Waals surface area (Å²) in [5.74, 6) is 1.04. The van der Waals surface area contributed by atoms with Gasteiger partial charge in [0.15, 0.2) is 0 Å². The number of carbonyl (C=O) groups is 2. The second-order valence-electron chi connectivity index (χ2n) is 5.49. The number of rotatable bonds is 2. The molecule has 0 saturated carbocycles. The smallest absolute Gasteiger partial charge is 0.222 e. The largest absolute Gasteiger partial charge is 0.345 e. The van der Waals surface area contributed by atoms with E-state index in [0.29, 0.717) is 12.3 Å². The van der Waals surface area contributed by atoms with Crippen molar-refractivity contribution in [3.8, 4) is 0 Å². The average Bonchev–Trinajstić information content (AvgIpc) is 2.34. The van der Waals surface area contributed by atoms with Gasteiger partial charge in [-0.1, -0.05) is 0 Å². The molecule has 0 N–H and O–H groups in total. The zero-order valence-corrected chi connectivity index (χ0v) is 11.4. The van der Waals surface area contributed by atoms with Gasteiger partial charge in [-0.25, -0.2) is 0 Å². The Hall–Kier alpha value is -1.10. The first kappa shape index (κ1) is 13.3. The van der Waals surface area contributed by atoms with Gasteiger partial charge in [-0.3, -0.25) is 14.5 Å². The molecule has 102 valence electrons. The maximum absolute atomic E-state index is 11.4. The molecule has 2 saturated heterocycles. The topological polar surface area (TPSA) is 43.9 Å². The summed E-state index contributed by atoms with van der Waals surface area (Å²) in [6.45, 7) is 7.20. The van der Waals surface area contributed by atoms with Gasteiger partial charge in [0.25, 0.3) is 0 Å². The Kier molecular flexibility index (Phi) is 4.22. The van der Waals surface area contributed by atoms with Crippen LogP contribution in [0.25, 0.3) is 0 Å². The molecule has 0 radical (unpaired) electrons. The highest BCUT2D eigenvalue weighted by Gasteiger charge is 2.26. The summed E-state index contributed by atoms with van der Waals surface area (Å²) >= 11 is 0. The summed E-state index contributed by atoms with van der Waals surface area (Å²) in [6, 6.07) is 0. The van der Waals surface area contributed by atoms with Gasteiger partial charge < -0.3 is 9.80 Å². The fourth-order valence-electron chi connectivity index (χ4n) is 2.86. The molecule has 2 amide bonds. The van der Waals surface area contributed by atoms with Gasteiger partial charge in [-0.15, -0.1) is 0 Å². The van der Waals surface area contributed by atoms with Crippen molar-refractivity contribution in [2.45, 2.75) is 19.8 Å². The Balaban J connectivity index is 1.75. The van der Waals surface area contributed by atoms with Gasteiger partial charge in [-0.05, 0) is 12.3 Å². The van der Waals surface area contributed by atoms with E-state index in [1.54, 1.807) is 6.92 Å². The number of hydrogen-bond acceptors (Lipinski definition) is 3. The van der Waals surface area contributed by atoms with Crippen molar-refractivity contribution in [3.63, 3.8) is 0 Å². The van der Waals surface area contributed by atoms with Crippen molar-refractivity contribution in [3.05, 3.63) is 0 Å². The molecule has 1 atom stereocenters. The highest BCUT2D eigenvalue weighted by atomic mass is 16.2. The van der Waals surface area contributed by atoms with Crippen LogP contribution in [0.3, 0.4) is 0 Å². The highest BCUT2D eigenvalue weighted by molar-refractivity contribution is 5.76. The van der Waals surface area contributed by atoms with Crippen LogP contribution >= 0.6 is 0 Å². The number of hydrogen-bond donors (Lipinski definition) is 0. The number of carbonyl (C=O) groups excluding carboxylic acids is 2. The quantitative estimate of drug-likeness (QED) is 0.697. The maximum Gasteiger partial charge on any atom is 0.222 e. The number of nitrogens with zero attached hydrogens (tertiary/aromatic N) is 3. The molecule has 2 aliphatic heterocycles. The molecule has 0 aromatic carbocycles. The van der Waals surface area contributed by atoms with Gasteiger partial charge in [0.1, 0.15) is 0 Å². The first-order chi connectivity index (χ1) is 8.56. The second kappa shape index (κ2) is 5.69. The van der Waals surface area contributed by atoms with E-state index >= 15 is 0 Å². The van der Waals surface area contributed by atoms with Crippen LogP contribution in [0.15, 0.2) is 0 Å². The number of piperazine rings is 1. The van der Waals surface area contributed by atoms with Crippen LogP contribution in [0.1, 0.15) is 19.8 Å². The molecule has 18 heavy (non-hydrogen) atoms. The lowest BCUT2D eigenvalue weighted by atomic mass is 9.97. The minimum Gasteiger partial charge on any atom is -0.345 e. The minimum absolute atomic E-state index is 0.178. The molecule has 5 heteroatoms. The first-order valence-corrected chi connectivity index (χ1v) is 6.78. The van der Waals surface area contributed by atoms with Gasteiger partial charge in [0.2, 0.25) is 11.8 Å². The zero-order valence-electron chi connectivity index (χ0n) is 11.4. The molecule has 0 aliphatic carbocycles. The van der Waals surface area contributed by atoms with Crippen LogP contribution in [-0.4, -0.2) is 72.8 Å². The molecule has 2 fully saturated rings. The van der Waals surface area contributed by atoms with Crippen LogP contribution in [0.2, 0.25) is 0 Å². The number of likely N-dealkylation sites (tertiary alicyclic amines) is 1. The Morgan fingerprint density at radius 3 is 2.50 bits per heavy atom. The predicted octanol–water partition coefficient (Wildman–Crippen LogP) is 0.0189. The van der Waals surface area contributed by atoms with E-state index in [4.69, 9.17) is 0 Å². The predicted molar refractivity (Wildman–Crippen MR) is 69.1 cm³/mol. The SMILES string of the molecule is CC(=O)N1CCN(CC2CCC(=O)N(C)C2)CC1. The summed E-state index contributed by atoms with van der Waals surface area (Å²) < 4.78 is 0. The van der Waals surface area contributed by atoms with Crippen molar-refractivity contribution in [2.24, 2.45) is 5.92 Å². The molecule has 0 aromatic rings. The standard InChI is InChI=1S/C13H23N3O2/c1-11(17)16-7-5-15(6-8-16)10-12-3-4-13(18)14(2)9-12/h12H,3-10H2,1-2H3. The van der Waals surface area contributed by atoms with Crippen molar-refractivity contribution in [1.29, 1.82) is 0 Å². The summed E-state index contributed by atoms with van der Waals surface area (Å²) in [6.07, 6.45) is 1.70. The molecule has 2 rings (SSSR count). The third-order valence-electron chi connectivity index (χ3n) is 4.06. The molecule has 1 unspecified atom stereocenters. The maximum atomic E-state index is 11.4.